The number of hydrogen-bond donors (Lipinski definition) is 1. The van der Waals surface area contributed by atoms with Crippen molar-refractivity contribution < 1.29 is 9.53 Å². The van der Waals surface area contributed by atoms with Crippen LogP contribution in [0.3, 0.4) is 0 Å². The number of benzene rings is 2. The lowest BCUT2D eigenvalue weighted by Crippen LogP contribution is -2.30. The molecule has 0 bridgehead atoms. The highest BCUT2D eigenvalue weighted by Crippen LogP contribution is 2.23. The summed E-state index contributed by atoms with van der Waals surface area (Å²) in [6, 6.07) is 15.3. The Kier molecular flexibility index (Phi) is 4.62. The normalized spacial score (nSPS) is 15.8. The fraction of sp³-hybridized carbons (Fsp3) is 0.158. The first-order valence-electron chi connectivity index (χ1n) is 7.75. The molecule has 5 heteroatoms. The van der Waals surface area contributed by atoms with Gasteiger partial charge in [-0.05, 0) is 67.5 Å². The summed E-state index contributed by atoms with van der Waals surface area (Å²) >= 11 is 5.32. The molecule has 2 aromatic rings. The molecule has 1 aliphatic heterocycles. The van der Waals surface area contributed by atoms with Crippen molar-refractivity contribution in [2.75, 3.05) is 11.5 Å². The number of anilines is 1. The van der Waals surface area contributed by atoms with Crippen LogP contribution in [0.4, 0.5) is 5.69 Å². The maximum absolute atomic E-state index is 12.7. The maximum Gasteiger partial charge on any atom is 0.281 e. The van der Waals surface area contributed by atoms with Crippen LogP contribution in [-0.2, 0) is 4.79 Å². The van der Waals surface area contributed by atoms with Gasteiger partial charge in [-0.1, -0.05) is 24.3 Å². The zero-order chi connectivity index (χ0) is 17.1. The van der Waals surface area contributed by atoms with E-state index in [4.69, 9.17) is 17.0 Å². The molecule has 24 heavy (non-hydrogen) atoms. The Morgan fingerprint density at radius 2 is 1.96 bits per heavy atom. The Balaban J connectivity index is 1.85. The number of carbonyl (C=O) groups excluding carboxylic acids is 1. The van der Waals surface area contributed by atoms with E-state index in [0.717, 1.165) is 22.6 Å². The van der Waals surface area contributed by atoms with Crippen molar-refractivity contribution >= 4 is 35.0 Å². The van der Waals surface area contributed by atoms with Crippen molar-refractivity contribution in [3.63, 3.8) is 0 Å². The molecule has 1 aliphatic rings. The van der Waals surface area contributed by atoms with Crippen LogP contribution in [0.1, 0.15) is 18.1 Å². The minimum absolute atomic E-state index is 0.153. The highest BCUT2D eigenvalue weighted by molar-refractivity contribution is 7.80. The minimum atomic E-state index is -0.153. The number of nitrogens with zero attached hydrogens (tertiary/aromatic N) is 1. The summed E-state index contributed by atoms with van der Waals surface area (Å²) in [5.41, 5.74) is 3.22. The molecule has 1 amide bonds. The summed E-state index contributed by atoms with van der Waals surface area (Å²) in [4.78, 5) is 14.2. The van der Waals surface area contributed by atoms with Gasteiger partial charge in [-0.3, -0.25) is 9.69 Å². The molecule has 1 fully saturated rings. The van der Waals surface area contributed by atoms with E-state index in [1.807, 2.05) is 62.4 Å². The predicted molar refractivity (Wildman–Crippen MR) is 100.0 cm³/mol. The van der Waals surface area contributed by atoms with Crippen LogP contribution >= 0.6 is 12.2 Å². The van der Waals surface area contributed by atoms with Crippen molar-refractivity contribution in [3.8, 4) is 5.75 Å². The van der Waals surface area contributed by atoms with E-state index in [0.29, 0.717) is 17.4 Å². The molecule has 122 valence electrons. The molecule has 1 saturated heterocycles. The molecule has 1 heterocycles. The molecule has 3 rings (SSSR count). The Labute approximate surface area is 146 Å². The monoisotopic (exact) mass is 338 g/mol. The van der Waals surface area contributed by atoms with Gasteiger partial charge in [0.2, 0.25) is 0 Å². The van der Waals surface area contributed by atoms with Gasteiger partial charge in [0.1, 0.15) is 11.4 Å². The molecule has 0 atom stereocenters. The molecule has 2 aromatic carbocycles. The molecule has 0 radical (unpaired) electrons. The van der Waals surface area contributed by atoms with Crippen molar-refractivity contribution in [1.82, 2.24) is 5.32 Å². The van der Waals surface area contributed by atoms with Gasteiger partial charge >= 0.3 is 0 Å². The SMILES string of the molecule is CCOc1ccc(C=C2NC(=S)N(c3cccc(C)c3)C2=O)cc1. The molecule has 0 aromatic heterocycles. The number of rotatable bonds is 4. The Morgan fingerprint density at radius 1 is 1.21 bits per heavy atom. The van der Waals surface area contributed by atoms with Gasteiger partial charge < -0.3 is 10.1 Å². The third-order valence-corrected chi connectivity index (χ3v) is 3.92. The van der Waals surface area contributed by atoms with Crippen LogP contribution in [0, 0.1) is 6.92 Å². The lowest BCUT2D eigenvalue weighted by Gasteiger charge is -2.14. The third kappa shape index (κ3) is 3.31. The van der Waals surface area contributed by atoms with Gasteiger partial charge in [0.05, 0.1) is 12.3 Å². The summed E-state index contributed by atoms with van der Waals surface area (Å²) in [5.74, 6) is 0.654. The standard InChI is InChI=1S/C19H18N2O2S/c1-3-23-16-9-7-14(8-10-16)12-17-18(22)21(19(24)20-17)15-6-4-5-13(2)11-15/h4-12H,3H2,1-2H3,(H,20,24). The van der Waals surface area contributed by atoms with Crippen molar-refractivity contribution in [3.05, 3.63) is 65.4 Å². The molecule has 1 N–H and O–H groups in total. The highest BCUT2D eigenvalue weighted by Gasteiger charge is 2.31. The lowest BCUT2D eigenvalue weighted by atomic mass is 10.1. The van der Waals surface area contributed by atoms with Crippen LogP contribution in [-0.4, -0.2) is 17.6 Å². The molecule has 0 aliphatic carbocycles. The Morgan fingerprint density at radius 3 is 2.62 bits per heavy atom. The first-order valence-corrected chi connectivity index (χ1v) is 8.16. The Bertz CT molecular complexity index is 812. The van der Waals surface area contributed by atoms with Gasteiger partial charge in [-0.15, -0.1) is 0 Å². The predicted octanol–water partition coefficient (Wildman–Crippen LogP) is 3.66. The number of ether oxygens (including phenoxy) is 1. The smallest absolute Gasteiger partial charge is 0.281 e. The zero-order valence-corrected chi connectivity index (χ0v) is 14.4. The highest BCUT2D eigenvalue weighted by atomic mass is 32.1. The van der Waals surface area contributed by atoms with E-state index in [-0.39, 0.29) is 5.91 Å². The number of amides is 1. The molecule has 0 unspecified atom stereocenters. The summed E-state index contributed by atoms with van der Waals surface area (Å²) in [6.07, 6.45) is 1.79. The minimum Gasteiger partial charge on any atom is -0.494 e. The second-order valence-electron chi connectivity index (χ2n) is 5.47. The van der Waals surface area contributed by atoms with Crippen molar-refractivity contribution in [1.29, 1.82) is 0 Å². The van der Waals surface area contributed by atoms with E-state index in [1.54, 1.807) is 6.08 Å². The summed E-state index contributed by atoms with van der Waals surface area (Å²) < 4.78 is 5.42. The molecule has 0 saturated carbocycles. The largest absolute Gasteiger partial charge is 0.494 e. The number of aryl methyl sites for hydroxylation is 1. The van der Waals surface area contributed by atoms with Crippen molar-refractivity contribution in [2.24, 2.45) is 0 Å². The molecular formula is C19H18N2O2S. The van der Waals surface area contributed by atoms with Gasteiger partial charge in [-0.25, -0.2) is 0 Å². The number of hydrogen-bond acceptors (Lipinski definition) is 3. The van der Waals surface area contributed by atoms with Gasteiger partial charge in [0.25, 0.3) is 5.91 Å². The fourth-order valence-electron chi connectivity index (χ4n) is 2.53. The Hall–Kier alpha value is -2.66. The van der Waals surface area contributed by atoms with E-state index in [1.165, 1.54) is 4.90 Å². The molecule has 0 spiro atoms. The first kappa shape index (κ1) is 16.2. The fourth-order valence-corrected chi connectivity index (χ4v) is 2.83. The summed E-state index contributed by atoms with van der Waals surface area (Å²) in [7, 11) is 0. The second kappa shape index (κ2) is 6.84. The summed E-state index contributed by atoms with van der Waals surface area (Å²) in [5, 5.41) is 3.39. The first-order chi connectivity index (χ1) is 11.6. The lowest BCUT2D eigenvalue weighted by molar-refractivity contribution is -0.113. The van der Waals surface area contributed by atoms with Crippen LogP contribution < -0.4 is 15.0 Å². The van der Waals surface area contributed by atoms with Gasteiger partial charge in [0.15, 0.2) is 5.11 Å². The summed E-state index contributed by atoms with van der Waals surface area (Å²) in [6.45, 7) is 4.55. The number of carbonyl (C=O) groups is 1. The second-order valence-corrected chi connectivity index (χ2v) is 5.86. The third-order valence-electron chi connectivity index (χ3n) is 3.64. The van der Waals surface area contributed by atoms with E-state index in [2.05, 4.69) is 5.32 Å². The quantitative estimate of drug-likeness (QED) is 0.682. The van der Waals surface area contributed by atoms with Crippen LogP contribution in [0.2, 0.25) is 0 Å². The van der Waals surface area contributed by atoms with Crippen molar-refractivity contribution in [2.45, 2.75) is 13.8 Å². The van der Waals surface area contributed by atoms with Gasteiger partial charge in [-0.2, -0.15) is 0 Å². The molecular weight excluding hydrogens is 320 g/mol. The van der Waals surface area contributed by atoms with E-state index < -0.39 is 0 Å². The van der Waals surface area contributed by atoms with Gasteiger partial charge in [0, 0.05) is 0 Å². The topological polar surface area (TPSA) is 41.6 Å². The molecule has 4 nitrogen and oxygen atoms in total. The average molecular weight is 338 g/mol. The van der Waals surface area contributed by atoms with Crippen LogP contribution in [0.25, 0.3) is 6.08 Å². The number of thiocarbonyl (C=S) groups is 1. The van der Waals surface area contributed by atoms with Crippen LogP contribution in [0.5, 0.6) is 5.75 Å². The average Bonchev–Trinajstić information content (AvgIpc) is 2.83. The van der Waals surface area contributed by atoms with Crippen LogP contribution in [0.15, 0.2) is 54.2 Å². The number of nitrogens with one attached hydrogen (secondary N) is 1. The maximum atomic E-state index is 12.7. The van der Waals surface area contributed by atoms with E-state index in [9.17, 15) is 4.79 Å². The van der Waals surface area contributed by atoms with E-state index >= 15 is 0 Å². The zero-order valence-electron chi connectivity index (χ0n) is 13.6.